The Morgan fingerprint density at radius 3 is 2.71 bits per heavy atom. The molecule has 0 saturated carbocycles. The number of rotatable bonds is 5. The molecule has 0 aliphatic carbocycles. The zero-order valence-electron chi connectivity index (χ0n) is 12.8. The quantitative estimate of drug-likeness (QED) is 0.451. The lowest BCUT2D eigenvalue weighted by molar-refractivity contribution is -0.387. The fraction of sp³-hybridized carbons (Fsp3) is 0.429. The van der Waals surface area contributed by atoms with E-state index >= 15 is 0 Å². The lowest BCUT2D eigenvalue weighted by Crippen LogP contribution is -2.46. The Morgan fingerprint density at radius 1 is 1.42 bits per heavy atom. The molecule has 2 rings (SSSR count). The molecule has 0 radical (unpaired) electrons. The summed E-state index contributed by atoms with van der Waals surface area (Å²) in [6, 6.07) is 3.98. The molecule has 0 aromatic heterocycles. The van der Waals surface area contributed by atoms with Crippen molar-refractivity contribution in [2.24, 2.45) is 11.5 Å². The van der Waals surface area contributed by atoms with Crippen LogP contribution < -0.4 is 11.5 Å². The van der Waals surface area contributed by atoms with Crippen LogP contribution in [0.4, 0.5) is 5.69 Å². The molecular formula is C14H19ClN4O4S. The summed E-state index contributed by atoms with van der Waals surface area (Å²) in [5, 5.41) is 11.1. The first kappa shape index (κ1) is 20.2. The molecule has 8 nitrogen and oxygen atoms in total. The summed E-state index contributed by atoms with van der Waals surface area (Å²) in [5.74, 6) is -0.745. The highest BCUT2D eigenvalue weighted by molar-refractivity contribution is 8.00. The molecule has 1 aliphatic rings. The Bertz CT molecular complexity index is 643. The number of nitro benzene ring substituents is 1. The van der Waals surface area contributed by atoms with E-state index in [-0.39, 0.29) is 41.4 Å². The number of primary amides is 1. The highest BCUT2D eigenvalue weighted by Gasteiger charge is 2.23. The van der Waals surface area contributed by atoms with Crippen molar-refractivity contribution in [3.05, 3.63) is 33.9 Å². The standard InChI is InChI=1S/C14H18N4O4S.ClH/c15-10-2-1-5-17(7-10)13(19)8-23-12-4-3-9(14(16)20)6-11(12)18(21)22;/h3-4,6,10H,1-2,5,7-8,15H2,(H2,16,20);1H. The fourth-order valence-electron chi connectivity index (χ4n) is 2.40. The van der Waals surface area contributed by atoms with Gasteiger partial charge in [-0.05, 0) is 25.0 Å². The molecule has 1 aromatic rings. The lowest BCUT2D eigenvalue weighted by atomic mass is 10.1. The molecule has 24 heavy (non-hydrogen) atoms. The predicted octanol–water partition coefficient (Wildman–Crippen LogP) is 1.16. The average molecular weight is 375 g/mol. The second-order valence-electron chi connectivity index (χ2n) is 5.33. The maximum absolute atomic E-state index is 12.2. The van der Waals surface area contributed by atoms with Crippen LogP contribution in [0.2, 0.25) is 0 Å². The van der Waals surface area contributed by atoms with Gasteiger partial charge in [-0.2, -0.15) is 0 Å². The molecule has 1 fully saturated rings. The number of thioether (sulfide) groups is 1. The van der Waals surface area contributed by atoms with E-state index in [0.717, 1.165) is 30.7 Å². The van der Waals surface area contributed by atoms with Crippen molar-refractivity contribution in [3.63, 3.8) is 0 Å². The average Bonchev–Trinajstić information content (AvgIpc) is 2.52. The van der Waals surface area contributed by atoms with Crippen molar-refractivity contribution in [2.75, 3.05) is 18.8 Å². The van der Waals surface area contributed by atoms with E-state index in [0.29, 0.717) is 18.0 Å². The van der Waals surface area contributed by atoms with Crippen LogP contribution in [-0.2, 0) is 4.79 Å². The zero-order chi connectivity index (χ0) is 17.0. The molecule has 1 unspecified atom stereocenters. The SMILES string of the molecule is Cl.NC(=O)c1ccc(SCC(=O)N2CCCC(N)C2)c([N+](=O)[O-])c1. The number of amides is 2. The number of hydrogen-bond donors (Lipinski definition) is 2. The number of carbonyl (C=O) groups is 2. The first-order chi connectivity index (χ1) is 10.9. The minimum Gasteiger partial charge on any atom is -0.366 e. The van der Waals surface area contributed by atoms with E-state index in [1.165, 1.54) is 12.1 Å². The summed E-state index contributed by atoms with van der Waals surface area (Å²) < 4.78 is 0. The van der Waals surface area contributed by atoms with E-state index in [1.54, 1.807) is 4.90 Å². The van der Waals surface area contributed by atoms with Crippen molar-refractivity contribution < 1.29 is 14.5 Å². The number of nitrogens with zero attached hydrogens (tertiary/aromatic N) is 2. The van der Waals surface area contributed by atoms with Gasteiger partial charge in [0.05, 0.1) is 15.6 Å². The highest BCUT2D eigenvalue weighted by Crippen LogP contribution is 2.30. The van der Waals surface area contributed by atoms with Crippen molar-refractivity contribution in [1.82, 2.24) is 4.90 Å². The van der Waals surface area contributed by atoms with Crippen molar-refractivity contribution in [1.29, 1.82) is 0 Å². The van der Waals surface area contributed by atoms with Gasteiger partial charge in [0.25, 0.3) is 5.69 Å². The van der Waals surface area contributed by atoms with Gasteiger partial charge in [-0.15, -0.1) is 24.2 Å². The van der Waals surface area contributed by atoms with Gasteiger partial charge in [0.2, 0.25) is 11.8 Å². The number of likely N-dealkylation sites (tertiary alicyclic amines) is 1. The van der Waals surface area contributed by atoms with Gasteiger partial charge in [0.1, 0.15) is 0 Å². The topological polar surface area (TPSA) is 133 Å². The summed E-state index contributed by atoms with van der Waals surface area (Å²) >= 11 is 1.07. The number of nitrogens with two attached hydrogens (primary N) is 2. The largest absolute Gasteiger partial charge is 0.366 e. The summed E-state index contributed by atoms with van der Waals surface area (Å²) in [4.78, 5) is 35.8. The van der Waals surface area contributed by atoms with Gasteiger partial charge in [0, 0.05) is 30.8 Å². The Labute approximate surface area is 149 Å². The molecule has 4 N–H and O–H groups in total. The second kappa shape index (κ2) is 8.86. The van der Waals surface area contributed by atoms with E-state index in [2.05, 4.69) is 0 Å². The van der Waals surface area contributed by atoms with Gasteiger partial charge in [-0.25, -0.2) is 0 Å². The molecule has 0 bridgehead atoms. The zero-order valence-corrected chi connectivity index (χ0v) is 14.5. The third-order valence-electron chi connectivity index (χ3n) is 3.60. The number of halogens is 1. The molecular weight excluding hydrogens is 356 g/mol. The number of benzene rings is 1. The van der Waals surface area contributed by atoms with Gasteiger partial charge in [-0.3, -0.25) is 19.7 Å². The molecule has 2 amide bonds. The van der Waals surface area contributed by atoms with Crippen LogP contribution >= 0.6 is 24.2 Å². The van der Waals surface area contributed by atoms with Gasteiger partial charge < -0.3 is 16.4 Å². The second-order valence-corrected chi connectivity index (χ2v) is 6.35. The van der Waals surface area contributed by atoms with Crippen LogP contribution in [0, 0.1) is 10.1 Å². The number of nitro groups is 1. The van der Waals surface area contributed by atoms with Gasteiger partial charge in [-0.1, -0.05) is 0 Å². The first-order valence-electron chi connectivity index (χ1n) is 7.13. The third kappa shape index (κ3) is 5.08. The van der Waals surface area contributed by atoms with Crippen LogP contribution in [0.15, 0.2) is 23.1 Å². The van der Waals surface area contributed by atoms with Crippen molar-refractivity contribution in [3.8, 4) is 0 Å². The molecule has 1 aliphatic heterocycles. The van der Waals surface area contributed by atoms with E-state index in [4.69, 9.17) is 11.5 Å². The van der Waals surface area contributed by atoms with Crippen LogP contribution in [0.25, 0.3) is 0 Å². The Kier molecular flexibility index (Phi) is 7.46. The molecule has 1 saturated heterocycles. The Hall–Kier alpha value is -1.84. The normalized spacial score (nSPS) is 17.0. The number of piperidine rings is 1. The molecule has 1 heterocycles. The monoisotopic (exact) mass is 374 g/mol. The summed E-state index contributed by atoms with van der Waals surface area (Å²) in [7, 11) is 0. The van der Waals surface area contributed by atoms with Gasteiger partial charge in [0.15, 0.2) is 0 Å². The van der Waals surface area contributed by atoms with Crippen LogP contribution in [0.3, 0.4) is 0 Å². The smallest absolute Gasteiger partial charge is 0.283 e. The van der Waals surface area contributed by atoms with Crippen LogP contribution in [0.5, 0.6) is 0 Å². The summed E-state index contributed by atoms with van der Waals surface area (Å²) in [5.41, 5.74) is 10.8. The third-order valence-corrected chi connectivity index (χ3v) is 4.65. The van der Waals surface area contributed by atoms with Crippen molar-refractivity contribution >= 4 is 41.7 Å². The van der Waals surface area contributed by atoms with E-state index in [9.17, 15) is 19.7 Å². The Morgan fingerprint density at radius 2 is 2.12 bits per heavy atom. The Balaban J connectivity index is 0.00000288. The molecule has 132 valence electrons. The molecule has 10 heteroatoms. The minimum atomic E-state index is -0.733. The fourth-order valence-corrected chi connectivity index (χ4v) is 3.31. The molecule has 0 spiro atoms. The van der Waals surface area contributed by atoms with Crippen molar-refractivity contribution in [2.45, 2.75) is 23.8 Å². The van der Waals surface area contributed by atoms with Crippen LogP contribution in [0.1, 0.15) is 23.2 Å². The summed E-state index contributed by atoms with van der Waals surface area (Å²) in [6.07, 6.45) is 1.77. The van der Waals surface area contributed by atoms with E-state index in [1.807, 2.05) is 0 Å². The van der Waals surface area contributed by atoms with E-state index < -0.39 is 10.8 Å². The number of carbonyl (C=O) groups excluding carboxylic acids is 2. The predicted molar refractivity (Wildman–Crippen MR) is 93.4 cm³/mol. The summed E-state index contributed by atoms with van der Waals surface area (Å²) in [6.45, 7) is 1.18. The first-order valence-corrected chi connectivity index (χ1v) is 8.11. The van der Waals surface area contributed by atoms with Crippen LogP contribution in [-0.4, -0.2) is 46.5 Å². The molecule has 1 atom stereocenters. The number of hydrogen-bond acceptors (Lipinski definition) is 6. The van der Waals surface area contributed by atoms with Gasteiger partial charge >= 0.3 is 0 Å². The highest BCUT2D eigenvalue weighted by atomic mass is 35.5. The maximum atomic E-state index is 12.2. The lowest BCUT2D eigenvalue weighted by Gasteiger charge is -2.30. The maximum Gasteiger partial charge on any atom is 0.283 e. The molecule has 1 aromatic carbocycles. The minimum absolute atomic E-state index is 0.